The normalized spacial score (nSPS) is 15.4. The van der Waals surface area contributed by atoms with Gasteiger partial charge in [0.1, 0.15) is 9.96 Å². The maximum Gasteiger partial charge on any atom is 0.252 e. The molecule has 38 heavy (non-hydrogen) atoms. The summed E-state index contributed by atoms with van der Waals surface area (Å²) in [4.78, 5) is 13.3. The zero-order valence-electron chi connectivity index (χ0n) is 22.5. The predicted octanol–water partition coefficient (Wildman–Crippen LogP) is 4.93. The van der Waals surface area contributed by atoms with E-state index in [1.165, 1.54) is 22.5 Å². The van der Waals surface area contributed by atoms with Gasteiger partial charge >= 0.3 is 0 Å². The molecule has 1 aliphatic rings. The van der Waals surface area contributed by atoms with Crippen molar-refractivity contribution in [3.63, 3.8) is 0 Å². The number of benzene rings is 2. The van der Waals surface area contributed by atoms with Gasteiger partial charge < -0.3 is 15.4 Å². The van der Waals surface area contributed by atoms with Gasteiger partial charge in [-0.3, -0.25) is 4.79 Å². The van der Waals surface area contributed by atoms with Crippen LogP contribution in [0.2, 0.25) is 0 Å². The van der Waals surface area contributed by atoms with Crippen LogP contribution in [-0.2, 0) is 28.5 Å². The Bertz CT molecular complexity index is 1340. The molecule has 0 spiro atoms. The minimum atomic E-state index is -3.56. The van der Waals surface area contributed by atoms with Gasteiger partial charge in [0.2, 0.25) is 0 Å². The van der Waals surface area contributed by atoms with Gasteiger partial charge in [0.05, 0.1) is 13.7 Å². The Morgan fingerprint density at radius 2 is 1.74 bits per heavy atom. The molecule has 204 valence electrons. The molecule has 2 aromatic carbocycles. The summed E-state index contributed by atoms with van der Waals surface area (Å²) in [5, 5.41) is 6.45. The van der Waals surface area contributed by atoms with E-state index in [2.05, 4.69) is 55.7 Å². The van der Waals surface area contributed by atoms with Gasteiger partial charge in [-0.2, -0.15) is 4.31 Å². The summed E-state index contributed by atoms with van der Waals surface area (Å²) >= 11 is 1.20. The molecule has 1 fully saturated rings. The zero-order chi connectivity index (χ0) is 27.3. The average Bonchev–Trinajstić information content (AvgIpc) is 3.41. The molecule has 1 aromatic heterocycles. The van der Waals surface area contributed by atoms with E-state index in [4.69, 9.17) is 4.74 Å². The molecule has 0 saturated carbocycles. The number of carbonyl (C=O) groups is 1. The van der Waals surface area contributed by atoms with E-state index >= 15 is 0 Å². The van der Waals surface area contributed by atoms with Crippen LogP contribution in [0.15, 0.2) is 64.9 Å². The molecule has 9 heteroatoms. The number of sulfonamides is 1. The maximum absolute atomic E-state index is 13.2. The lowest BCUT2D eigenvalue weighted by molar-refractivity contribution is 0.0951. The summed E-state index contributed by atoms with van der Waals surface area (Å²) in [5.74, 6) is 0.373. The molecule has 1 saturated heterocycles. The molecule has 2 heterocycles. The number of nitrogens with zero attached hydrogens (tertiary/aromatic N) is 1. The van der Waals surface area contributed by atoms with Gasteiger partial charge in [0, 0.05) is 36.1 Å². The van der Waals surface area contributed by atoms with Crippen molar-refractivity contribution < 1.29 is 17.9 Å². The lowest BCUT2D eigenvalue weighted by atomic mass is 9.87. The Balaban J connectivity index is 1.26. The van der Waals surface area contributed by atoms with Crippen molar-refractivity contribution >= 4 is 27.3 Å². The second-order valence-electron chi connectivity index (χ2n) is 10.6. The number of rotatable bonds is 9. The molecule has 4 rings (SSSR count). The highest BCUT2D eigenvalue weighted by molar-refractivity contribution is 7.91. The summed E-state index contributed by atoms with van der Waals surface area (Å²) < 4.78 is 33.5. The van der Waals surface area contributed by atoms with Crippen LogP contribution in [0.25, 0.3) is 0 Å². The smallest absolute Gasteiger partial charge is 0.252 e. The molecule has 0 atom stereocenters. The number of carbonyl (C=O) groups excluding carboxylic acids is 1. The molecule has 1 amide bonds. The van der Waals surface area contributed by atoms with Crippen molar-refractivity contribution in [3.8, 4) is 5.75 Å². The van der Waals surface area contributed by atoms with Crippen LogP contribution in [0.1, 0.15) is 60.0 Å². The van der Waals surface area contributed by atoms with E-state index in [0.29, 0.717) is 28.6 Å². The zero-order valence-corrected chi connectivity index (χ0v) is 24.1. The summed E-state index contributed by atoms with van der Waals surface area (Å²) in [5.41, 5.74) is 3.18. The van der Waals surface area contributed by atoms with Crippen molar-refractivity contribution in [1.82, 2.24) is 14.9 Å². The van der Waals surface area contributed by atoms with E-state index in [1.807, 2.05) is 0 Å². The summed E-state index contributed by atoms with van der Waals surface area (Å²) in [7, 11) is -2.00. The van der Waals surface area contributed by atoms with Crippen molar-refractivity contribution in [1.29, 1.82) is 0 Å². The van der Waals surface area contributed by atoms with Gasteiger partial charge in [-0.05, 0) is 59.7 Å². The third-order valence-electron chi connectivity index (χ3n) is 6.86. The largest absolute Gasteiger partial charge is 0.497 e. The van der Waals surface area contributed by atoms with Gasteiger partial charge in [0.25, 0.3) is 15.9 Å². The molecule has 0 aliphatic carbocycles. The average molecular weight is 556 g/mol. The van der Waals surface area contributed by atoms with Gasteiger partial charge in [0.15, 0.2) is 0 Å². The SMILES string of the molecule is COc1cccc(C(=O)NCc2ccc(S(=O)(=O)N3CCC(NCc4ccc(C(C)(C)C)cc4)CC3)s2)c1. The number of ether oxygens (including phenoxy) is 1. The number of hydrogen-bond acceptors (Lipinski definition) is 6. The predicted molar refractivity (Wildman–Crippen MR) is 152 cm³/mol. The van der Waals surface area contributed by atoms with E-state index in [-0.39, 0.29) is 23.9 Å². The second-order valence-corrected chi connectivity index (χ2v) is 14.0. The van der Waals surface area contributed by atoms with Crippen LogP contribution in [-0.4, -0.2) is 44.9 Å². The van der Waals surface area contributed by atoms with Crippen LogP contribution in [0.3, 0.4) is 0 Å². The number of hydrogen-bond donors (Lipinski definition) is 2. The number of nitrogens with one attached hydrogen (secondary N) is 2. The van der Waals surface area contributed by atoms with Crippen LogP contribution in [0.4, 0.5) is 0 Å². The second kappa shape index (κ2) is 12.0. The fourth-order valence-electron chi connectivity index (χ4n) is 4.44. The Morgan fingerprint density at radius 3 is 2.39 bits per heavy atom. The van der Waals surface area contributed by atoms with E-state index in [1.54, 1.807) is 47.8 Å². The topological polar surface area (TPSA) is 87.7 Å². The van der Waals surface area contributed by atoms with E-state index in [0.717, 1.165) is 24.3 Å². The Morgan fingerprint density at radius 1 is 1.03 bits per heavy atom. The first-order chi connectivity index (χ1) is 18.1. The third kappa shape index (κ3) is 7.02. The van der Waals surface area contributed by atoms with Crippen molar-refractivity contribution in [2.75, 3.05) is 20.2 Å². The first kappa shape index (κ1) is 28.3. The fraction of sp³-hybridized carbons (Fsp3) is 0.414. The van der Waals surface area contributed by atoms with E-state index < -0.39 is 10.0 Å². The molecular formula is C29H37N3O4S2. The lowest BCUT2D eigenvalue weighted by Crippen LogP contribution is -2.44. The first-order valence-corrected chi connectivity index (χ1v) is 15.2. The molecule has 7 nitrogen and oxygen atoms in total. The van der Waals surface area contributed by atoms with Gasteiger partial charge in [-0.25, -0.2) is 8.42 Å². The van der Waals surface area contributed by atoms with Crippen LogP contribution in [0, 0.1) is 0 Å². The quantitative estimate of drug-likeness (QED) is 0.391. The van der Waals surface area contributed by atoms with Gasteiger partial charge in [-0.15, -0.1) is 11.3 Å². The lowest BCUT2D eigenvalue weighted by Gasteiger charge is -2.31. The summed E-state index contributed by atoms with van der Waals surface area (Å²) in [6, 6.07) is 19.3. The number of thiophene rings is 1. The van der Waals surface area contributed by atoms with Crippen LogP contribution < -0.4 is 15.4 Å². The highest BCUT2D eigenvalue weighted by Crippen LogP contribution is 2.28. The van der Waals surface area contributed by atoms with Crippen LogP contribution >= 0.6 is 11.3 Å². The Kier molecular flexibility index (Phi) is 8.92. The van der Waals surface area contributed by atoms with Gasteiger partial charge in [-0.1, -0.05) is 51.1 Å². The van der Waals surface area contributed by atoms with Crippen molar-refractivity contribution in [2.24, 2.45) is 0 Å². The number of piperidine rings is 1. The molecule has 0 radical (unpaired) electrons. The van der Waals surface area contributed by atoms with Crippen molar-refractivity contribution in [2.45, 2.75) is 62.4 Å². The minimum Gasteiger partial charge on any atom is -0.497 e. The minimum absolute atomic E-state index is 0.137. The fourth-order valence-corrected chi connectivity index (χ4v) is 7.36. The highest BCUT2D eigenvalue weighted by atomic mass is 32.2. The molecule has 3 aromatic rings. The standard InChI is InChI=1S/C29H37N3O4S2/c1-29(2,3)23-10-8-21(9-11-23)19-30-24-14-16-32(17-15-24)38(34,35)27-13-12-26(37-27)20-31-28(33)22-6-5-7-25(18-22)36-4/h5-13,18,24,30H,14-17,19-20H2,1-4H3,(H,31,33). The number of amides is 1. The molecule has 2 N–H and O–H groups in total. The van der Waals surface area contributed by atoms with Crippen molar-refractivity contribution in [3.05, 3.63) is 82.2 Å². The summed E-state index contributed by atoms with van der Waals surface area (Å²) in [6.07, 6.45) is 1.54. The monoisotopic (exact) mass is 555 g/mol. The summed E-state index contributed by atoms with van der Waals surface area (Å²) in [6.45, 7) is 8.64. The highest BCUT2D eigenvalue weighted by Gasteiger charge is 2.30. The Hall–Kier alpha value is -2.72. The molecule has 0 bridgehead atoms. The maximum atomic E-state index is 13.2. The van der Waals surface area contributed by atoms with Crippen LogP contribution in [0.5, 0.6) is 5.75 Å². The molecule has 0 unspecified atom stereocenters. The van der Waals surface area contributed by atoms with E-state index in [9.17, 15) is 13.2 Å². The number of methoxy groups -OCH3 is 1. The molecule has 1 aliphatic heterocycles. The first-order valence-electron chi connectivity index (χ1n) is 12.9. The molecular weight excluding hydrogens is 518 g/mol. The third-order valence-corrected chi connectivity index (χ3v) is 10.3. The Labute approximate surface area is 230 Å².